The number of rotatable bonds is 3. The van der Waals surface area contributed by atoms with Gasteiger partial charge in [-0.2, -0.15) is 8.42 Å². The molecule has 0 amide bonds. The fraction of sp³-hybridized carbons (Fsp3) is 0.250. The van der Waals surface area contributed by atoms with Gasteiger partial charge in [-0.1, -0.05) is 18.2 Å². The minimum atomic E-state index is -3.93. The molecular weight excluding hydrogens is 288 g/mol. The highest BCUT2D eigenvalue weighted by Crippen LogP contribution is 2.29. The summed E-state index contributed by atoms with van der Waals surface area (Å²) in [4.78, 5) is 0.0398. The predicted octanol–water partition coefficient (Wildman–Crippen LogP) is 3.39. The van der Waals surface area contributed by atoms with Gasteiger partial charge >= 0.3 is 10.1 Å². The second kappa shape index (κ2) is 5.41. The maximum atomic E-state index is 12.4. The van der Waals surface area contributed by atoms with E-state index in [4.69, 9.17) is 4.18 Å². The first-order valence-electron chi connectivity index (χ1n) is 6.53. The van der Waals surface area contributed by atoms with Gasteiger partial charge in [-0.3, -0.25) is 0 Å². The number of para-hydroxylation sites is 1. The first kappa shape index (κ1) is 15.4. The van der Waals surface area contributed by atoms with Gasteiger partial charge in [-0.25, -0.2) is 0 Å². The summed E-state index contributed by atoms with van der Waals surface area (Å²) in [5, 5.41) is 9.74. The Morgan fingerprint density at radius 1 is 0.905 bits per heavy atom. The summed E-state index contributed by atoms with van der Waals surface area (Å²) >= 11 is 0. The van der Waals surface area contributed by atoms with E-state index in [1.54, 1.807) is 39.8 Å². The molecule has 0 unspecified atom stereocenters. The van der Waals surface area contributed by atoms with Crippen molar-refractivity contribution in [1.29, 1.82) is 0 Å². The minimum absolute atomic E-state index is 0.0398. The van der Waals surface area contributed by atoms with Crippen LogP contribution in [0.15, 0.2) is 35.2 Å². The Balaban J connectivity index is 2.49. The second-order valence-corrected chi connectivity index (χ2v) is 6.71. The molecule has 0 aliphatic heterocycles. The second-order valence-electron chi connectivity index (χ2n) is 5.16. The number of aryl methyl sites for hydroxylation is 4. The van der Waals surface area contributed by atoms with Crippen molar-refractivity contribution in [2.45, 2.75) is 32.6 Å². The van der Waals surface area contributed by atoms with Crippen molar-refractivity contribution in [2.24, 2.45) is 0 Å². The fourth-order valence-electron chi connectivity index (χ4n) is 2.15. The first-order valence-corrected chi connectivity index (χ1v) is 7.94. The third-order valence-corrected chi connectivity index (χ3v) is 4.55. The lowest BCUT2D eigenvalue weighted by atomic mass is 10.1. The number of hydrogen-bond acceptors (Lipinski definition) is 4. The van der Waals surface area contributed by atoms with Gasteiger partial charge < -0.3 is 9.29 Å². The van der Waals surface area contributed by atoms with Crippen molar-refractivity contribution in [3.05, 3.63) is 52.6 Å². The van der Waals surface area contributed by atoms with Crippen LogP contribution in [0.1, 0.15) is 22.3 Å². The molecule has 1 N–H and O–H groups in total. The Morgan fingerprint density at radius 3 is 1.86 bits per heavy atom. The molecule has 0 saturated heterocycles. The highest BCUT2D eigenvalue weighted by atomic mass is 32.2. The zero-order valence-electron chi connectivity index (χ0n) is 12.5. The summed E-state index contributed by atoms with van der Waals surface area (Å²) in [6.45, 7) is 6.90. The molecule has 21 heavy (non-hydrogen) atoms. The molecule has 0 atom stereocenters. The van der Waals surface area contributed by atoms with Gasteiger partial charge in [-0.15, -0.1) is 0 Å². The quantitative estimate of drug-likeness (QED) is 0.883. The molecule has 0 heterocycles. The van der Waals surface area contributed by atoms with Crippen LogP contribution in [0.2, 0.25) is 0 Å². The fourth-order valence-corrected chi connectivity index (χ4v) is 3.37. The number of phenolic OH excluding ortho intramolecular Hbond substituents is 1. The van der Waals surface area contributed by atoms with Gasteiger partial charge in [0.15, 0.2) is 0 Å². The maximum absolute atomic E-state index is 12.4. The van der Waals surface area contributed by atoms with Crippen molar-refractivity contribution in [1.82, 2.24) is 0 Å². The average molecular weight is 306 g/mol. The van der Waals surface area contributed by atoms with E-state index in [1.165, 1.54) is 12.1 Å². The zero-order valence-corrected chi connectivity index (χ0v) is 13.3. The molecule has 0 fully saturated rings. The molecule has 0 aliphatic carbocycles. The standard InChI is InChI=1S/C16H18O4S/c1-10-6-5-7-11(2)16(10)20-21(18,19)14-8-12(3)15(17)13(4)9-14/h5-9,17H,1-4H3. The van der Waals surface area contributed by atoms with E-state index in [0.29, 0.717) is 16.9 Å². The van der Waals surface area contributed by atoms with Crippen molar-refractivity contribution in [2.75, 3.05) is 0 Å². The molecule has 2 aromatic rings. The van der Waals surface area contributed by atoms with Crippen LogP contribution >= 0.6 is 0 Å². The van der Waals surface area contributed by atoms with Crippen LogP contribution in [0, 0.1) is 27.7 Å². The van der Waals surface area contributed by atoms with Gasteiger partial charge in [0.05, 0.1) is 0 Å². The van der Waals surface area contributed by atoms with Crippen LogP contribution in [0.25, 0.3) is 0 Å². The normalized spacial score (nSPS) is 11.4. The molecule has 5 heteroatoms. The van der Waals surface area contributed by atoms with Crippen LogP contribution < -0.4 is 4.18 Å². The molecule has 2 rings (SSSR count). The van der Waals surface area contributed by atoms with Gasteiger partial charge in [0.25, 0.3) is 0 Å². The van der Waals surface area contributed by atoms with E-state index in [9.17, 15) is 13.5 Å². The molecule has 4 nitrogen and oxygen atoms in total. The molecule has 0 spiro atoms. The minimum Gasteiger partial charge on any atom is -0.507 e. The lowest BCUT2D eigenvalue weighted by Gasteiger charge is -2.13. The Hall–Kier alpha value is -2.01. The van der Waals surface area contributed by atoms with Crippen molar-refractivity contribution in [3.63, 3.8) is 0 Å². The van der Waals surface area contributed by atoms with Gasteiger partial charge in [0, 0.05) is 0 Å². The number of hydrogen-bond donors (Lipinski definition) is 1. The summed E-state index contributed by atoms with van der Waals surface area (Å²) in [5.74, 6) is 0.446. The third kappa shape index (κ3) is 3.03. The van der Waals surface area contributed by atoms with Crippen LogP contribution in [-0.4, -0.2) is 13.5 Å². The summed E-state index contributed by atoms with van der Waals surface area (Å²) in [7, 11) is -3.93. The first-order chi connectivity index (χ1) is 9.72. The molecule has 0 saturated carbocycles. The van der Waals surface area contributed by atoms with E-state index < -0.39 is 10.1 Å². The van der Waals surface area contributed by atoms with Gasteiger partial charge in [-0.05, 0) is 62.1 Å². The molecule has 0 radical (unpaired) electrons. The number of phenols is 1. The Kier molecular flexibility index (Phi) is 3.96. The van der Waals surface area contributed by atoms with E-state index in [2.05, 4.69) is 0 Å². The Bertz CT molecular complexity index is 749. The average Bonchev–Trinajstić information content (AvgIpc) is 2.40. The zero-order chi connectivity index (χ0) is 15.8. The summed E-state index contributed by atoms with van der Waals surface area (Å²) in [6, 6.07) is 8.26. The van der Waals surface area contributed by atoms with E-state index >= 15 is 0 Å². The molecule has 0 bridgehead atoms. The highest BCUT2D eigenvalue weighted by Gasteiger charge is 2.21. The maximum Gasteiger partial charge on any atom is 0.339 e. The summed E-state index contributed by atoms with van der Waals surface area (Å²) in [6.07, 6.45) is 0. The van der Waals surface area contributed by atoms with Crippen LogP contribution in [0.5, 0.6) is 11.5 Å². The number of benzene rings is 2. The van der Waals surface area contributed by atoms with Crippen molar-refractivity contribution < 1.29 is 17.7 Å². The van der Waals surface area contributed by atoms with Gasteiger partial charge in [0.2, 0.25) is 0 Å². The van der Waals surface area contributed by atoms with Crippen LogP contribution in [-0.2, 0) is 10.1 Å². The van der Waals surface area contributed by atoms with Crippen molar-refractivity contribution in [3.8, 4) is 11.5 Å². The molecule has 112 valence electrons. The topological polar surface area (TPSA) is 63.6 Å². The monoisotopic (exact) mass is 306 g/mol. The molecular formula is C16H18O4S. The Labute approximate surface area is 125 Å². The number of aromatic hydroxyl groups is 1. The van der Waals surface area contributed by atoms with E-state index in [0.717, 1.165) is 11.1 Å². The summed E-state index contributed by atoms with van der Waals surface area (Å²) < 4.78 is 30.1. The van der Waals surface area contributed by atoms with Crippen molar-refractivity contribution >= 4 is 10.1 Å². The van der Waals surface area contributed by atoms with Crippen LogP contribution in [0.4, 0.5) is 0 Å². The van der Waals surface area contributed by atoms with Crippen LogP contribution in [0.3, 0.4) is 0 Å². The lowest BCUT2D eigenvalue weighted by molar-refractivity contribution is 0.464. The summed E-state index contributed by atoms with van der Waals surface area (Å²) in [5.41, 5.74) is 2.51. The lowest BCUT2D eigenvalue weighted by Crippen LogP contribution is -2.12. The highest BCUT2D eigenvalue weighted by molar-refractivity contribution is 7.87. The third-order valence-electron chi connectivity index (χ3n) is 3.36. The predicted molar refractivity (Wildman–Crippen MR) is 81.3 cm³/mol. The molecule has 0 aliphatic rings. The SMILES string of the molecule is Cc1cc(S(=O)(=O)Oc2c(C)cccc2C)cc(C)c1O. The largest absolute Gasteiger partial charge is 0.507 e. The van der Waals surface area contributed by atoms with E-state index in [-0.39, 0.29) is 10.6 Å². The molecule has 2 aromatic carbocycles. The molecule has 0 aromatic heterocycles. The van der Waals surface area contributed by atoms with Gasteiger partial charge in [0.1, 0.15) is 16.4 Å². The smallest absolute Gasteiger partial charge is 0.339 e. The Morgan fingerprint density at radius 2 is 1.38 bits per heavy atom. The van der Waals surface area contributed by atoms with E-state index in [1.807, 2.05) is 6.07 Å².